The minimum atomic E-state index is 0.333. The Morgan fingerprint density at radius 1 is 1.33 bits per heavy atom. The van der Waals surface area contributed by atoms with E-state index in [1.165, 1.54) is 24.0 Å². The number of hydrogen-bond donors (Lipinski definition) is 1. The molecule has 3 atom stereocenters. The minimum Gasteiger partial charge on any atom is -0.497 e. The summed E-state index contributed by atoms with van der Waals surface area (Å²) in [5, 5.41) is 3.75. The molecular weight excluding hydrogens is 226 g/mol. The molecule has 0 bridgehead atoms. The fraction of sp³-hybridized carbons (Fsp3) is 0.600. The molecular formula is C15H21NO2. The van der Waals surface area contributed by atoms with E-state index in [0.717, 1.165) is 18.8 Å². The molecule has 0 radical (unpaired) electrons. The van der Waals surface area contributed by atoms with E-state index in [2.05, 4.69) is 30.4 Å². The molecule has 3 rings (SSSR count). The van der Waals surface area contributed by atoms with Crippen molar-refractivity contribution in [3.8, 4) is 5.75 Å². The smallest absolute Gasteiger partial charge is 0.119 e. The van der Waals surface area contributed by atoms with Crippen LogP contribution in [-0.4, -0.2) is 25.9 Å². The molecule has 1 aromatic rings. The van der Waals surface area contributed by atoms with Crippen molar-refractivity contribution >= 4 is 0 Å². The highest BCUT2D eigenvalue weighted by Gasteiger charge is 2.30. The zero-order chi connectivity index (χ0) is 12.5. The number of rotatable bonds is 3. The van der Waals surface area contributed by atoms with E-state index < -0.39 is 0 Å². The Kier molecular flexibility index (Phi) is 3.27. The third-order valence-electron chi connectivity index (χ3n) is 4.22. The fourth-order valence-electron chi connectivity index (χ4n) is 3.09. The van der Waals surface area contributed by atoms with Gasteiger partial charge in [0.15, 0.2) is 0 Å². The van der Waals surface area contributed by atoms with Crippen molar-refractivity contribution in [1.29, 1.82) is 0 Å². The lowest BCUT2D eigenvalue weighted by Crippen LogP contribution is -2.36. The highest BCUT2D eigenvalue weighted by atomic mass is 16.5. The number of ether oxygens (including phenoxy) is 2. The molecule has 18 heavy (non-hydrogen) atoms. The van der Waals surface area contributed by atoms with Crippen molar-refractivity contribution in [2.24, 2.45) is 0 Å². The lowest BCUT2D eigenvalue weighted by molar-refractivity contribution is 0.111. The van der Waals surface area contributed by atoms with Gasteiger partial charge in [0.05, 0.1) is 13.2 Å². The van der Waals surface area contributed by atoms with Gasteiger partial charge in [-0.15, -0.1) is 0 Å². The molecule has 1 heterocycles. The van der Waals surface area contributed by atoms with Crippen molar-refractivity contribution in [2.45, 2.75) is 44.4 Å². The number of aryl methyl sites for hydroxylation is 1. The van der Waals surface area contributed by atoms with Gasteiger partial charge in [-0.05, 0) is 49.4 Å². The van der Waals surface area contributed by atoms with Crippen LogP contribution in [0.5, 0.6) is 5.75 Å². The quantitative estimate of drug-likeness (QED) is 0.890. The topological polar surface area (TPSA) is 30.5 Å². The Hall–Kier alpha value is -1.06. The van der Waals surface area contributed by atoms with Crippen LogP contribution in [0.3, 0.4) is 0 Å². The van der Waals surface area contributed by atoms with Crippen molar-refractivity contribution in [2.75, 3.05) is 13.7 Å². The average molecular weight is 247 g/mol. The first-order valence-electron chi connectivity index (χ1n) is 6.82. The fourth-order valence-corrected chi connectivity index (χ4v) is 3.09. The second kappa shape index (κ2) is 4.90. The first kappa shape index (κ1) is 12.0. The van der Waals surface area contributed by atoms with E-state index in [0.29, 0.717) is 18.2 Å². The summed E-state index contributed by atoms with van der Waals surface area (Å²) < 4.78 is 10.9. The van der Waals surface area contributed by atoms with Crippen LogP contribution in [0, 0.1) is 0 Å². The lowest BCUT2D eigenvalue weighted by atomic mass is 10.0. The number of fused-ring (bicyclic) bond motifs is 1. The summed E-state index contributed by atoms with van der Waals surface area (Å²) in [6.45, 7) is 3.04. The van der Waals surface area contributed by atoms with Crippen molar-refractivity contribution < 1.29 is 9.47 Å². The van der Waals surface area contributed by atoms with Crippen molar-refractivity contribution in [3.63, 3.8) is 0 Å². The van der Waals surface area contributed by atoms with Gasteiger partial charge in [0.2, 0.25) is 0 Å². The minimum absolute atomic E-state index is 0.333. The summed E-state index contributed by atoms with van der Waals surface area (Å²) in [6.07, 6.45) is 3.81. The molecule has 1 fully saturated rings. The number of nitrogens with one attached hydrogen (secondary N) is 1. The van der Waals surface area contributed by atoms with Crippen LogP contribution in [-0.2, 0) is 11.2 Å². The predicted octanol–water partition coefficient (Wildman–Crippen LogP) is 2.45. The number of benzene rings is 1. The molecule has 3 unspecified atom stereocenters. The van der Waals surface area contributed by atoms with Crippen LogP contribution in [0.15, 0.2) is 18.2 Å². The molecule has 2 aliphatic rings. The largest absolute Gasteiger partial charge is 0.497 e. The van der Waals surface area contributed by atoms with Gasteiger partial charge in [-0.1, -0.05) is 6.07 Å². The summed E-state index contributed by atoms with van der Waals surface area (Å²) in [5.41, 5.74) is 2.87. The normalized spacial score (nSPS) is 30.4. The SMILES string of the molecule is COc1ccc2c(c1)C(NC1CCOC1C)CC2. The van der Waals surface area contributed by atoms with Gasteiger partial charge in [-0.3, -0.25) is 0 Å². The summed E-state index contributed by atoms with van der Waals surface area (Å²) in [6, 6.07) is 7.39. The third kappa shape index (κ3) is 2.13. The lowest BCUT2D eigenvalue weighted by Gasteiger charge is -2.22. The van der Waals surface area contributed by atoms with E-state index in [1.54, 1.807) is 7.11 Å². The van der Waals surface area contributed by atoms with Gasteiger partial charge >= 0.3 is 0 Å². The van der Waals surface area contributed by atoms with E-state index >= 15 is 0 Å². The molecule has 1 aliphatic heterocycles. The Morgan fingerprint density at radius 3 is 2.94 bits per heavy atom. The molecule has 0 spiro atoms. The summed E-state index contributed by atoms with van der Waals surface area (Å²) >= 11 is 0. The van der Waals surface area contributed by atoms with Crippen molar-refractivity contribution in [3.05, 3.63) is 29.3 Å². The van der Waals surface area contributed by atoms with E-state index in [9.17, 15) is 0 Å². The van der Waals surface area contributed by atoms with Gasteiger partial charge in [0.25, 0.3) is 0 Å². The second-order valence-corrected chi connectivity index (χ2v) is 5.29. The van der Waals surface area contributed by atoms with Crippen molar-refractivity contribution in [1.82, 2.24) is 5.32 Å². The molecule has 1 aromatic carbocycles. The van der Waals surface area contributed by atoms with Crippen LogP contribution in [0.4, 0.5) is 0 Å². The molecule has 3 nitrogen and oxygen atoms in total. The third-order valence-corrected chi connectivity index (χ3v) is 4.22. The molecule has 0 amide bonds. The van der Waals surface area contributed by atoms with Crippen LogP contribution >= 0.6 is 0 Å². The zero-order valence-corrected chi connectivity index (χ0v) is 11.1. The number of hydrogen-bond acceptors (Lipinski definition) is 3. The molecule has 0 aromatic heterocycles. The maximum Gasteiger partial charge on any atom is 0.119 e. The maximum atomic E-state index is 5.62. The molecule has 0 saturated carbocycles. The Bertz CT molecular complexity index is 433. The van der Waals surface area contributed by atoms with Gasteiger partial charge in [0, 0.05) is 18.7 Å². The van der Waals surface area contributed by atoms with Crippen LogP contribution in [0.25, 0.3) is 0 Å². The summed E-state index contributed by atoms with van der Waals surface area (Å²) in [5.74, 6) is 0.957. The zero-order valence-electron chi connectivity index (χ0n) is 11.1. The van der Waals surface area contributed by atoms with Gasteiger partial charge in [-0.25, -0.2) is 0 Å². The Labute approximate surface area is 108 Å². The van der Waals surface area contributed by atoms with Gasteiger partial charge in [-0.2, -0.15) is 0 Å². The Balaban J connectivity index is 1.76. The second-order valence-electron chi connectivity index (χ2n) is 5.29. The molecule has 1 saturated heterocycles. The number of methoxy groups -OCH3 is 1. The average Bonchev–Trinajstić information content (AvgIpc) is 2.97. The first-order chi connectivity index (χ1) is 8.78. The summed E-state index contributed by atoms with van der Waals surface area (Å²) in [4.78, 5) is 0. The monoisotopic (exact) mass is 247 g/mol. The molecule has 3 heteroatoms. The molecule has 98 valence electrons. The summed E-state index contributed by atoms with van der Waals surface area (Å²) in [7, 11) is 1.73. The highest BCUT2D eigenvalue weighted by Crippen LogP contribution is 2.34. The molecule has 1 aliphatic carbocycles. The Morgan fingerprint density at radius 2 is 2.22 bits per heavy atom. The maximum absolute atomic E-state index is 5.62. The van der Waals surface area contributed by atoms with E-state index in [1.807, 2.05) is 0 Å². The highest BCUT2D eigenvalue weighted by molar-refractivity contribution is 5.40. The van der Waals surface area contributed by atoms with Crippen LogP contribution in [0.1, 0.15) is 36.9 Å². The molecule has 1 N–H and O–H groups in total. The van der Waals surface area contributed by atoms with E-state index in [-0.39, 0.29) is 0 Å². The van der Waals surface area contributed by atoms with Gasteiger partial charge in [0.1, 0.15) is 5.75 Å². The standard InChI is InChI=1S/C15H21NO2/c1-10-14(7-8-18-10)16-15-6-4-11-3-5-12(17-2)9-13(11)15/h3,5,9-10,14-16H,4,6-8H2,1-2H3. The predicted molar refractivity (Wildman–Crippen MR) is 71.0 cm³/mol. The van der Waals surface area contributed by atoms with Crippen LogP contribution < -0.4 is 10.1 Å². The van der Waals surface area contributed by atoms with Gasteiger partial charge < -0.3 is 14.8 Å². The first-order valence-corrected chi connectivity index (χ1v) is 6.82. The van der Waals surface area contributed by atoms with E-state index in [4.69, 9.17) is 9.47 Å². The van der Waals surface area contributed by atoms with Crippen LogP contribution in [0.2, 0.25) is 0 Å².